The smallest absolute Gasteiger partial charge is 0.256 e. The Morgan fingerprint density at radius 1 is 1.07 bits per heavy atom. The average Bonchev–Trinajstić information content (AvgIpc) is 2.95. The highest BCUT2D eigenvalue weighted by Gasteiger charge is 2.48. The van der Waals surface area contributed by atoms with E-state index in [1.54, 1.807) is 18.2 Å². The van der Waals surface area contributed by atoms with Gasteiger partial charge in [-0.2, -0.15) is 0 Å². The number of hydrogen-bond acceptors (Lipinski definition) is 3. The zero-order chi connectivity index (χ0) is 20.8. The molecule has 2 aromatic rings. The Bertz CT molecular complexity index is 1010. The fraction of sp³-hybridized carbons (Fsp3) is 0.318. The minimum Gasteiger partial charge on any atom is -0.509 e. The van der Waals surface area contributed by atoms with Gasteiger partial charge >= 0.3 is 0 Å². The molecule has 1 spiro atoms. The highest BCUT2D eigenvalue weighted by Crippen LogP contribution is 2.44. The van der Waals surface area contributed by atoms with Crippen molar-refractivity contribution in [2.75, 3.05) is 6.61 Å². The van der Waals surface area contributed by atoms with Gasteiger partial charge in [-0.3, -0.25) is 4.79 Å². The van der Waals surface area contributed by atoms with E-state index < -0.39 is 23.1 Å². The number of carbonyl (C=O) groups is 1. The fourth-order valence-electron chi connectivity index (χ4n) is 4.22. The molecule has 1 heterocycles. The monoisotopic (exact) mass is 419 g/mol. The number of carbonyl (C=O) groups excluding carboxylic acids is 1. The van der Waals surface area contributed by atoms with Crippen LogP contribution in [0.4, 0.5) is 8.78 Å². The van der Waals surface area contributed by atoms with Gasteiger partial charge < -0.3 is 15.5 Å². The predicted octanol–water partition coefficient (Wildman–Crippen LogP) is 4.61. The van der Waals surface area contributed by atoms with Crippen molar-refractivity contribution < 1.29 is 23.8 Å². The lowest BCUT2D eigenvalue weighted by atomic mass is 9.76. The molecule has 4 rings (SSSR count). The van der Waals surface area contributed by atoms with Crippen LogP contribution in [0.3, 0.4) is 0 Å². The van der Waals surface area contributed by atoms with Crippen LogP contribution in [0.2, 0.25) is 5.02 Å². The van der Waals surface area contributed by atoms with Gasteiger partial charge in [0.05, 0.1) is 11.1 Å². The molecule has 3 N–H and O–H groups in total. The van der Waals surface area contributed by atoms with E-state index in [1.807, 2.05) is 0 Å². The number of nitrogens with one attached hydrogen (secondary N) is 1. The molecule has 1 saturated carbocycles. The van der Waals surface area contributed by atoms with Crippen LogP contribution in [0.25, 0.3) is 16.7 Å². The second-order valence-corrected chi connectivity index (χ2v) is 8.12. The third-order valence-electron chi connectivity index (χ3n) is 5.98. The molecule has 152 valence electrons. The highest BCUT2D eigenvalue weighted by atomic mass is 35.5. The summed E-state index contributed by atoms with van der Waals surface area (Å²) in [5, 5.41) is 23.5. The first-order chi connectivity index (χ1) is 13.8. The van der Waals surface area contributed by atoms with Crippen LogP contribution in [0.1, 0.15) is 31.2 Å². The van der Waals surface area contributed by atoms with E-state index in [2.05, 4.69) is 5.32 Å². The predicted molar refractivity (Wildman–Crippen MR) is 106 cm³/mol. The normalized spacial score (nSPS) is 24.3. The average molecular weight is 420 g/mol. The second kappa shape index (κ2) is 7.43. The van der Waals surface area contributed by atoms with Crippen molar-refractivity contribution in [3.63, 3.8) is 0 Å². The lowest BCUT2D eigenvalue weighted by Gasteiger charge is -2.36. The summed E-state index contributed by atoms with van der Waals surface area (Å²) in [7, 11) is 0. The Balaban J connectivity index is 1.75. The number of halogens is 3. The molecule has 4 nitrogen and oxygen atoms in total. The van der Waals surface area contributed by atoms with Gasteiger partial charge in [0.15, 0.2) is 11.6 Å². The third kappa shape index (κ3) is 3.40. The summed E-state index contributed by atoms with van der Waals surface area (Å²) >= 11 is 6.33. The van der Waals surface area contributed by atoms with Crippen molar-refractivity contribution in [2.24, 2.45) is 5.92 Å². The Labute approximate surface area is 171 Å². The third-order valence-corrected chi connectivity index (χ3v) is 6.31. The van der Waals surface area contributed by atoms with Crippen LogP contribution in [-0.2, 0) is 4.79 Å². The van der Waals surface area contributed by atoms with Gasteiger partial charge in [0, 0.05) is 17.2 Å². The van der Waals surface area contributed by atoms with E-state index in [0.29, 0.717) is 42.4 Å². The number of aliphatic hydroxyl groups excluding tert-OH is 2. The summed E-state index contributed by atoms with van der Waals surface area (Å²) in [6.45, 7) is 0.0868. The standard InChI is InChI=1S/C22H20ClF2NO3/c23-16-3-1-13(14-2-4-17(24)18(25)10-14)9-15(16)19-20(28)22(26-21(19)29)7-5-12(11-27)6-8-22/h1-4,9-10,12,27-28H,5-8,11H2,(H,26,29). The quantitative estimate of drug-likeness (QED) is 0.680. The van der Waals surface area contributed by atoms with Crippen molar-refractivity contribution >= 4 is 23.1 Å². The van der Waals surface area contributed by atoms with E-state index >= 15 is 0 Å². The van der Waals surface area contributed by atoms with E-state index in [9.17, 15) is 23.8 Å². The Morgan fingerprint density at radius 3 is 2.38 bits per heavy atom. The van der Waals surface area contributed by atoms with Crippen LogP contribution in [0.15, 0.2) is 42.2 Å². The van der Waals surface area contributed by atoms with Crippen molar-refractivity contribution in [1.82, 2.24) is 5.32 Å². The van der Waals surface area contributed by atoms with E-state index in [1.165, 1.54) is 6.07 Å². The molecule has 0 atom stereocenters. The molecule has 0 radical (unpaired) electrons. The highest BCUT2D eigenvalue weighted by molar-refractivity contribution is 6.35. The topological polar surface area (TPSA) is 69.6 Å². The van der Waals surface area contributed by atoms with Gasteiger partial charge in [0.1, 0.15) is 5.76 Å². The maximum atomic E-state index is 13.6. The van der Waals surface area contributed by atoms with Crippen LogP contribution in [-0.4, -0.2) is 28.3 Å². The lowest BCUT2D eigenvalue weighted by molar-refractivity contribution is -0.116. The van der Waals surface area contributed by atoms with E-state index in [4.69, 9.17) is 11.6 Å². The number of amides is 1. The van der Waals surface area contributed by atoms with Gasteiger partial charge in [-0.05, 0) is 67.0 Å². The Kier molecular flexibility index (Phi) is 5.09. The van der Waals surface area contributed by atoms with E-state index in [-0.39, 0.29) is 28.9 Å². The molecule has 1 fully saturated rings. The van der Waals surface area contributed by atoms with Crippen LogP contribution < -0.4 is 5.32 Å². The van der Waals surface area contributed by atoms with Crippen molar-refractivity contribution in [2.45, 2.75) is 31.2 Å². The molecule has 2 aliphatic rings. The molecular formula is C22H20ClF2NO3. The van der Waals surface area contributed by atoms with Gasteiger partial charge in [-0.25, -0.2) is 8.78 Å². The summed E-state index contributed by atoms with van der Waals surface area (Å²) in [6, 6.07) is 8.35. The molecule has 0 aromatic heterocycles. The first-order valence-electron chi connectivity index (χ1n) is 9.47. The molecule has 1 aliphatic carbocycles. The van der Waals surface area contributed by atoms with Crippen LogP contribution in [0, 0.1) is 17.6 Å². The number of rotatable bonds is 3. The van der Waals surface area contributed by atoms with Gasteiger partial charge in [-0.1, -0.05) is 23.7 Å². The molecule has 7 heteroatoms. The first-order valence-corrected chi connectivity index (χ1v) is 9.85. The fourth-order valence-corrected chi connectivity index (χ4v) is 4.43. The molecule has 1 amide bonds. The van der Waals surface area contributed by atoms with Crippen molar-refractivity contribution in [3.05, 3.63) is 64.4 Å². The molecule has 0 saturated heterocycles. The zero-order valence-electron chi connectivity index (χ0n) is 15.5. The summed E-state index contributed by atoms with van der Waals surface area (Å²) < 4.78 is 26.9. The van der Waals surface area contributed by atoms with E-state index in [0.717, 1.165) is 12.1 Å². The minimum atomic E-state index is -0.973. The van der Waals surface area contributed by atoms with Crippen molar-refractivity contribution in [1.29, 1.82) is 0 Å². The molecule has 0 bridgehead atoms. The maximum absolute atomic E-state index is 13.6. The minimum absolute atomic E-state index is 0.0526. The summed E-state index contributed by atoms with van der Waals surface area (Å²) in [6.07, 6.45) is 2.44. The number of aliphatic hydroxyl groups is 2. The Morgan fingerprint density at radius 2 is 1.72 bits per heavy atom. The molecular weight excluding hydrogens is 400 g/mol. The van der Waals surface area contributed by atoms with Gasteiger partial charge in [-0.15, -0.1) is 0 Å². The maximum Gasteiger partial charge on any atom is 0.256 e. The molecule has 1 aliphatic heterocycles. The molecule has 0 unspecified atom stereocenters. The first kappa shape index (κ1) is 19.9. The summed E-state index contributed by atoms with van der Waals surface area (Å²) in [5.74, 6) is -2.23. The van der Waals surface area contributed by atoms with Crippen LogP contribution in [0.5, 0.6) is 0 Å². The Hall–Kier alpha value is -2.44. The van der Waals surface area contributed by atoms with Gasteiger partial charge in [0.25, 0.3) is 5.91 Å². The summed E-state index contributed by atoms with van der Waals surface area (Å²) in [4.78, 5) is 12.8. The number of hydrogen-bond donors (Lipinski definition) is 3. The zero-order valence-corrected chi connectivity index (χ0v) is 16.3. The summed E-state index contributed by atoms with van der Waals surface area (Å²) in [5.41, 5.74) is 0.561. The van der Waals surface area contributed by atoms with Gasteiger partial charge in [0.2, 0.25) is 0 Å². The molecule has 2 aromatic carbocycles. The largest absolute Gasteiger partial charge is 0.509 e. The SMILES string of the molecule is O=C1NC2(CCC(CO)CC2)C(O)=C1c1cc(-c2ccc(F)c(F)c2)ccc1Cl. The number of benzene rings is 2. The molecule has 29 heavy (non-hydrogen) atoms. The lowest BCUT2D eigenvalue weighted by Crippen LogP contribution is -2.47. The second-order valence-electron chi connectivity index (χ2n) is 7.71. The van der Waals surface area contributed by atoms with Crippen LogP contribution >= 0.6 is 11.6 Å². The van der Waals surface area contributed by atoms with Crippen molar-refractivity contribution in [3.8, 4) is 11.1 Å².